The number of carbonyl (C=O) groups excluding carboxylic acids is 2. The van der Waals surface area contributed by atoms with Gasteiger partial charge in [-0.05, 0) is 39.0 Å². The first-order valence-electron chi connectivity index (χ1n) is 7.55. The molecule has 0 aliphatic carbocycles. The van der Waals surface area contributed by atoms with Crippen molar-refractivity contribution in [2.75, 3.05) is 13.2 Å². The molecule has 0 N–H and O–H groups in total. The lowest BCUT2D eigenvalue weighted by atomic mass is 9.92. The highest BCUT2D eigenvalue weighted by Gasteiger charge is 2.38. The standard InChI is InChI=1S/C15H25NO3/c1-3-14-13(7-9-19-14)15(18)16-8-5-4-6-12(16)10-11(2)17/h12-14H,3-10H2,1-2H3. The van der Waals surface area contributed by atoms with Gasteiger partial charge >= 0.3 is 0 Å². The van der Waals surface area contributed by atoms with Crippen LogP contribution < -0.4 is 0 Å². The third-order valence-electron chi connectivity index (χ3n) is 4.36. The lowest BCUT2D eigenvalue weighted by Gasteiger charge is -2.37. The number of amides is 1. The van der Waals surface area contributed by atoms with Crippen LogP contribution in [0.2, 0.25) is 0 Å². The van der Waals surface area contributed by atoms with Crippen molar-refractivity contribution in [3.05, 3.63) is 0 Å². The summed E-state index contributed by atoms with van der Waals surface area (Å²) in [5, 5.41) is 0. The minimum atomic E-state index is 0.0116. The van der Waals surface area contributed by atoms with Gasteiger partial charge in [-0.1, -0.05) is 6.92 Å². The molecule has 1 amide bonds. The van der Waals surface area contributed by atoms with E-state index in [0.717, 1.165) is 38.6 Å². The highest BCUT2D eigenvalue weighted by Crippen LogP contribution is 2.29. The summed E-state index contributed by atoms with van der Waals surface area (Å²) < 4.78 is 5.63. The Morgan fingerprint density at radius 2 is 2.05 bits per heavy atom. The van der Waals surface area contributed by atoms with Crippen molar-refractivity contribution in [3.8, 4) is 0 Å². The number of Topliss-reactive ketones (excluding diaryl/α,β-unsaturated/α-hetero) is 1. The maximum absolute atomic E-state index is 12.7. The van der Waals surface area contributed by atoms with Gasteiger partial charge in [-0.25, -0.2) is 0 Å². The molecule has 4 nitrogen and oxygen atoms in total. The number of carbonyl (C=O) groups is 2. The number of likely N-dealkylation sites (tertiary alicyclic amines) is 1. The normalized spacial score (nSPS) is 31.5. The minimum absolute atomic E-state index is 0.0116. The molecule has 2 rings (SSSR count). The Balaban J connectivity index is 2.04. The maximum atomic E-state index is 12.7. The van der Waals surface area contributed by atoms with Crippen molar-refractivity contribution in [2.45, 2.75) is 64.5 Å². The van der Waals surface area contributed by atoms with E-state index in [0.29, 0.717) is 13.0 Å². The van der Waals surface area contributed by atoms with E-state index in [1.165, 1.54) is 0 Å². The van der Waals surface area contributed by atoms with Crippen LogP contribution in [0.3, 0.4) is 0 Å². The van der Waals surface area contributed by atoms with Gasteiger partial charge < -0.3 is 9.64 Å². The zero-order chi connectivity index (χ0) is 13.8. The molecule has 3 atom stereocenters. The Morgan fingerprint density at radius 3 is 2.74 bits per heavy atom. The van der Waals surface area contributed by atoms with Crippen LogP contribution in [0, 0.1) is 5.92 Å². The van der Waals surface area contributed by atoms with Gasteiger partial charge in [-0.2, -0.15) is 0 Å². The molecule has 0 aromatic carbocycles. The zero-order valence-corrected chi connectivity index (χ0v) is 12.1. The zero-order valence-electron chi connectivity index (χ0n) is 12.1. The van der Waals surface area contributed by atoms with Gasteiger partial charge in [-0.3, -0.25) is 9.59 Å². The number of piperidine rings is 1. The molecule has 2 fully saturated rings. The average molecular weight is 267 g/mol. The predicted octanol–water partition coefficient (Wildman–Crippen LogP) is 2.16. The molecule has 0 saturated carbocycles. The minimum Gasteiger partial charge on any atom is -0.377 e. The van der Waals surface area contributed by atoms with E-state index in [1.807, 2.05) is 4.90 Å². The quantitative estimate of drug-likeness (QED) is 0.784. The number of ether oxygens (including phenoxy) is 1. The number of hydrogen-bond donors (Lipinski definition) is 0. The summed E-state index contributed by atoms with van der Waals surface area (Å²) in [5.74, 6) is 0.410. The number of ketones is 1. The van der Waals surface area contributed by atoms with E-state index in [1.54, 1.807) is 6.92 Å². The van der Waals surface area contributed by atoms with E-state index >= 15 is 0 Å². The summed E-state index contributed by atoms with van der Waals surface area (Å²) >= 11 is 0. The summed E-state index contributed by atoms with van der Waals surface area (Å²) in [6.07, 6.45) is 5.46. The average Bonchev–Trinajstić information content (AvgIpc) is 2.86. The molecule has 0 aromatic rings. The smallest absolute Gasteiger partial charge is 0.228 e. The molecule has 2 aliphatic heterocycles. The van der Waals surface area contributed by atoms with Gasteiger partial charge in [0.15, 0.2) is 0 Å². The highest BCUT2D eigenvalue weighted by molar-refractivity contribution is 5.82. The Labute approximate surface area is 115 Å². The van der Waals surface area contributed by atoms with E-state index < -0.39 is 0 Å². The molecular formula is C15H25NO3. The van der Waals surface area contributed by atoms with Crippen molar-refractivity contribution in [1.82, 2.24) is 4.90 Å². The summed E-state index contributed by atoms with van der Waals surface area (Å²) in [7, 11) is 0. The van der Waals surface area contributed by atoms with Crippen LogP contribution in [0.15, 0.2) is 0 Å². The van der Waals surface area contributed by atoms with Gasteiger partial charge in [-0.15, -0.1) is 0 Å². The molecule has 2 saturated heterocycles. The molecule has 4 heteroatoms. The first kappa shape index (κ1) is 14.5. The van der Waals surface area contributed by atoms with Crippen LogP contribution in [-0.2, 0) is 14.3 Å². The number of hydrogen-bond acceptors (Lipinski definition) is 3. The summed E-state index contributed by atoms with van der Waals surface area (Å²) in [6.45, 7) is 5.19. The fourth-order valence-electron chi connectivity index (χ4n) is 3.38. The molecule has 0 bridgehead atoms. The van der Waals surface area contributed by atoms with Gasteiger partial charge in [0.2, 0.25) is 5.91 Å². The maximum Gasteiger partial charge on any atom is 0.228 e. The molecule has 108 valence electrons. The van der Waals surface area contributed by atoms with Crippen molar-refractivity contribution >= 4 is 11.7 Å². The monoisotopic (exact) mass is 267 g/mol. The van der Waals surface area contributed by atoms with Crippen molar-refractivity contribution in [3.63, 3.8) is 0 Å². The summed E-state index contributed by atoms with van der Waals surface area (Å²) in [4.78, 5) is 26.0. The van der Waals surface area contributed by atoms with Crippen molar-refractivity contribution < 1.29 is 14.3 Å². The highest BCUT2D eigenvalue weighted by atomic mass is 16.5. The van der Waals surface area contributed by atoms with Crippen LogP contribution in [0.5, 0.6) is 0 Å². The first-order chi connectivity index (χ1) is 9.13. The second-order valence-corrected chi connectivity index (χ2v) is 5.80. The van der Waals surface area contributed by atoms with Gasteiger partial charge in [0, 0.05) is 25.6 Å². The number of nitrogens with zero attached hydrogens (tertiary/aromatic N) is 1. The Morgan fingerprint density at radius 1 is 1.26 bits per heavy atom. The molecule has 2 heterocycles. The first-order valence-corrected chi connectivity index (χ1v) is 7.55. The molecule has 19 heavy (non-hydrogen) atoms. The summed E-state index contributed by atoms with van der Waals surface area (Å²) in [6, 6.07) is 0.122. The Kier molecular flexibility index (Phi) is 4.97. The van der Waals surface area contributed by atoms with E-state index in [9.17, 15) is 9.59 Å². The molecule has 0 spiro atoms. The molecule has 2 aliphatic rings. The third-order valence-corrected chi connectivity index (χ3v) is 4.36. The Bertz CT molecular complexity index is 342. The molecule has 0 radical (unpaired) electrons. The van der Waals surface area contributed by atoms with Crippen LogP contribution in [0.1, 0.15) is 52.4 Å². The predicted molar refractivity (Wildman–Crippen MR) is 72.8 cm³/mol. The SMILES string of the molecule is CCC1OCCC1C(=O)N1CCCCC1CC(C)=O. The molecular weight excluding hydrogens is 242 g/mol. The van der Waals surface area contributed by atoms with Crippen LogP contribution in [-0.4, -0.2) is 41.9 Å². The summed E-state index contributed by atoms with van der Waals surface area (Å²) in [5.41, 5.74) is 0. The lowest BCUT2D eigenvalue weighted by molar-refractivity contribution is -0.141. The van der Waals surface area contributed by atoms with Crippen LogP contribution in [0.4, 0.5) is 0 Å². The largest absolute Gasteiger partial charge is 0.377 e. The Hall–Kier alpha value is -0.900. The van der Waals surface area contributed by atoms with E-state index in [2.05, 4.69) is 6.92 Å². The van der Waals surface area contributed by atoms with Crippen LogP contribution in [0.25, 0.3) is 0 Å². The lowest BCUT2D eigenvalue weighted by Crippen LogP contribution is -2.48. The van der Waals surface area contributed by atoms with E-state index in [4.69, 9.17) is 4.74 Å². The van der Waals surface area contributed by atoms with Gasteiger partial charge in [0.1, 0.15) is 5.78 Å². The van der Waals surface area contributed by atoms with Crippen molar-refractivity contribution in [1.29, 1.82) is 0 Å². The fourth-order valence-corrected chi connectivity index (χ4v) is 3.38. The fraction of sp³-hybridized carbons (Fsp3) is 0.867. The molecule has 3 unspecified atom stereocenters. The number of rotatable bonds is 4. The second kappa shape index (κ2) is 6.51. The van der Waals surface area contributed by atoms with Crippen molar-refractivity contribution in [2.24, 2.45) is 5.92 Å². The van der Waals surface area contributed by atoms with Gasteiger partial charge in [0.25, 0.3) is 0 Å². The molecule has 0 aromatic heterocycles. The third kappa shape index (κ3) is 3.35. The second-order valence-electron chi connectivity index (χ2n) is 5.80. The van der Waals surface area contributed by atoms with E-state index in [-0.39, 0.29) is 29.8 Å². The van der Waals surface area contributed by atoms with Gasteiger partial charge in [0.05, 0.1) is 12.0 Å². The topological polar surface area (TPSA) is 46.6 Å². The van der Waals surface area contributed by atoms with Crippen LogP contribution >= 0.6 is 0 Å².